The summed E-state index contributed by atoms with van der Waals surface area (Å²) in [5.41, 5.74) is 2.32. The molecule has 1 aromatic rings. The molecule has 1 aromatic carbocycles. The highest BCUT2D eigenvalue weighted by molar-refractivity contribution is 5.86. The molecule has 25 heavy (non-hydrogen) atoms. The number of rotatable bonds is 2. The van der Waals surface area contributed by atoms with Gasteiger partial charge in [-0.1, -0.05) is 24.3 Å². The number of hydrogen-bond acceptors (Lipinski definition) is 3. The zero-order valence-electron chi connectivity index (χ0n) is 13.9. The number of nitrogens with one attached hydrogen (secondary N) is 1. The lowest BCUT2D eigenvalue weighted by molar-refractivity contribution is -0.136. The van der Waals surface area contributed by atoms with Crippen LogP contribution in [0.3, 0.4) is 0 Å². The van der Waals surface area contributed by atoms with E-state index in [9.17, 15) is 18.4 Å². The Bertz CT molecular complexity index is 684. The topological polar surface area (TPSA) is 52.7 Å². The van der Waals surface area contributed by atoms with E-state index in [0.717, 1.165) is 11.1 Å². The van der Waals surface area contributed by atoms with Gasteiger partial charge in [0.25, 0.3) is 5.92 Å². The second-order valence-electron chi connectivity index (χ2n) is 7.22. The van der Waals surface area contributed by atoms with E-state index in [1.165, 1.54) is 4.90 Å². The molecule has 1 N–H and O–H groups in total. The molecule has 0 unspecified atom stereocenters. The van der Waals surface area contributed by atoms with Gasteiger partial charge in [0.1, 0.15) is 0 Å². The van der Waals surface area contributed by atoms with Gasteiger partial charge >= 0.3 is 0 Å². The average Bonchev–Trinajstić information content (AvgIpc) is 3.30. The Morgan fingerprint density at radius 3 is 2.36 bits per heavy atom. The van der Waals surface area contributed by atoms with Gasteiger partial charge < -0.3 is 15.1 Å². The maximum atomic E-state index is 13.3. The molecule has 2 atom stereocenters. The Labute approximate surface area is 145 Å². The molecule has 7 heteroatoms. The second-order valence-corrected chi connectivity index (χ2v) is 7.22. The number of benzene rings is 1. The fraction of sp³-hybridized carbons (Fsp3) is 0.556. The van der Waals surface area contributed by atoms with Crippen molar-refractivity contribution in [3.63, 3.8) is 0 Å². The summed E-state index contributed by atoms with van der Waals surface area (Å²) in [5, 5.41) is 3.05. The summed E-state index contributed by atoms with van der Waals surface area (Å²) >= 11 is 0. The number of carbonyl (C=O) groups excluding carboxylic acids is 2. The van der Waals surface area contributed by atoms with Gasteiger partial charge in [0.05, 0.1) is 18.5 Å². The summed E-state index contributed by atoms with van der Waals surface area (Å²) in [6.07, 6.45) is 0.104. The van der Waals surface area contributed by atoms with Gasteiger partial charge in [-0.25, -0.2) is 8.78 Å². The molecule has 5 nitrogen and oxygen atoms in total. The van der Waals surface area contributed by atoms with Crippen LogP contribution < -0.4 is 5.32 Å². The monoisotopic (exact) mass is 349 g/mol. The molecule has 2 saturated heterocycles. The molecule has 0 radical (unpaired) electrons. The Hall–Kier alpha value is -2.02. The highest BCUT2D eigenvalue weighted by Crippen LogP contribution is 2.30. The third-order valence-corrected chi connectivity index (χ3v) is 5.41. The lowest BCUT2D eigenvalue weighted by atomic mass is 10.0. The van der Waals surface area contributed by atoms with Crippen LogP contribution in [0.15, 0.2) is 24.3 Å². The van der Waals surface area contributed by atoms with Crippen LogP contribution in [0.1, 0.15) is 24.0 Å². The zero-order chi connectivity index (χ0) is 17.6. The molecule has 2 amide bonds. The van der Waals surface area contributed by atoms with E-state index in [-0.39, 0.29) is 30.7 Å². The lowest BCUT2D eigenvalue weighted by Gasteiger charge is -2.21. The summed E-state index contributed by atoms with van der Waals surface area (Å²) < 4.78 is 26.6. The molecule has 0 aliphatic carbocycles. The van der Waals surface area contributed by atoms with Gasteiger partial charge in [0.2, 0.25) is 11.8 Å². The quantitative estimate of drug-likeness (QED) is 0.878. The highest BCUT2D eigenvalue weighted by atomic mass is 19.3. The van der Waals surface area contributed by atoms with Crippen LogP contribution in [0, 0.1) is 5.92 Å². The molecule has 0 bridgehead atoms. The normalized spacial score (nSPS) is 27.6. The molecule has 3 aliphatic heterocycles. The zero-order valence-corrected chi connectivity index (χ0v) is 13.9. The molecule has 0 spiro atoms. The Balaban J connectivity index is 1.35. The second kappa shape index (κ2) is 6.05. The summed E-state index contributed by atoms with van der Waals surface area (Å²) in [7, 11) is 0. The first kappa shape index (κ1) is 16.4. The Kier molecular flexibility index (Phi) is 3.98. The first-order chi connectivity index (χ1) is 11.9. The first-order valence-corrected chi connectivity index (χ1v) is 8.68. The van der Waals surface area contributed by atoms with Crippen molar-refractivity contribution in [2.24, 2.45) is 5.92 Å². The minimum atomic E-state index is -2.79. The summed E-state index contributed by atoms with van der Waals surface area (Å²) in [4.78, 5) is 28.2. The minimum absolute atomic E-state index is 0.0331. The van der Waals surface area contributed by atoms with Crippen LogP contribution >= 0.6 is 0 Å². The van der Waals surface area contributed by atoms with Gasteiger partial charge in [0.15, 0.2) is 0 Å². The molecule has 4 rings (SSSR count). The van der Waals surface area contributed by atoms with Crippen molar-refractivity contribution in [3.8, 4) is 0 Å². The SMILES string of the molecule is O=C([C@@H]1CN[C@H](C(=O)N2CCC(F)(F)C2)C1)N1Cc2ccccc2C1. The summed E-state index contributed by atoms with van der Waals surface area (Å²) in [6.45, 7) is 1.20. The minimum Gasteiger partial charge on any atom is -0.335 e. The molecular formula is C18H21F2N3O2. The van der Waals surface area contributed by atoms with Crippen LogP contribution in [-0.2, 0) is 22.7 Å². The molecule has 2 fully saturated rings. The van der Waals surface area contributed by atoms with Crippen molar-refractivity contribution in [1.82, 2.24) is 15.1 Å². The molecule has 134 valence electrons. The maximum Gasteiger partial charge on any atom is 0.267 e. The third kappa shape index (κ3) is 3.13. The molecule has 0 aromatic heterocycles. The van der Waals surface area contributed by atoms with Crippen LogP contribution in [-0.4, -0.2) is 53.2 Å². The fourth-order valence-electron chi connectivity index (χ4n) is 4.00. The third-order valence-electron chi connectivity index (χ3n) is 5.41. The van der Waals surface area contributed by atoms with Crippen molar-refractivity contribution in [2.45, 2.75) is 37.9 Å². The lowest BCUT2D eigenvalue weighted by Crippen LogP contribution is -2.43. The first-order valence-electron chi connectivity index (χ1n) is 8.68. The number of alkyl halides is 2. The fourth-order valence-corrected chi connectivity index (χ4v) is 4.00. The number of fused-ring (bicyclic) bond motifs is 1. The van der Waals surface area contributed by atoms with E-state index in [2.05, 4.69) is 5.32 Å². The number of likely N-dealkylation sites (tertiary alicyclic amines) is 1. The van der Waals surface area contributed by atoms with E-state index < -0.39 is 18.5 Å². The highest BCUT2D eigenvalue weighted by Gasteiger charge is 2.44. The summed E-state index contributed by atoms with van der Waals surface area (Å²) in [5.74, 6) is -3.33. The van der Waals surface area contributed by atoms with E-state index in [0.29, 0.717) is 26.1 Å². The van der Waals surface area contributed by atoms with E-state index in [1.807, 2.05) is 29.2 Å². The van der Waals surface area contributed by atoms with Gasteiger partial charge in [-0.2, -0.15) is 0 Å². The molecule has 3 aliphatic rings. The van der Waals surface area contributed by atoms with Gasteiger partial charge in [0, 0.05) is 32.6 Å². The van der Waals surface area contributed by atoms with Gasteiger partial charge in [-0.15, -0.1) is 0 Å². The standard InChI is InChI=1S/C18H21F2N3O2/c19-18(20)5-6-22(11-18)17(25)15-7-14(8-21-15)16(24)23-9-12-3-1-2-4-13(12)10-23/h1-4,14-15,21H,5-11H2/t14-,15-/m0/s1. The van der Waals surface area contributed by atoms with E-state index in [4.69, 9.17) is 0 Å². The Morgan fingerprint density at radius 2 is 1.76 bits per heavy atom. The van der Waals surface area contributed by atoms with Crippen molar-refractivity contribution in [1.29, 1.82) is 0 Å². The van der Waals surface area contributed by atoms with Crippen molar-refractivity contribution in [3.05, 3.63) is 35.4 Å². The number of carbonyl (C=O) groups is 2. The maximum absolute atomic E-state index is 13.3. The van der Waals surface area contributed by atoms with Gasteiger partial charge in [-0.05, 0) is 17.5 Å². The molecule has 3 heterocycles. The Morgan fingerprint density at radius 1 is 1.08 bits per heavy atom. The summed E-state index contributed by atoms with van der Waals surface area (Å²) in [6, 6.07) is 7.44. The predicted octanol–water partition coefficient (Wildman–Crippen LogP) is 1.37. The molecule has 0 saturated carbocycles. The predicted molar refractivity (Wildman–Crippen MR) is 86.7 cm³/mol. The number of halogens is 2. The number of hydrogen-bond donors (Lipinski definition) is 1. The number of amides is 2. The van der Waals surface area contributed by atoms with Crippen LogP contribution in [0.4, 0.5) is 8.78 Å². The van der Waals surface area contributed by atoms with Crippen LogP contribution in [0.25, 0.3) is 0 Å². The van der Waals surface area contributed by atoms with Crippen LogP contribution in [0.2, 0.25) is 0 Å². The number of nitrogens with zero attached hydrogens (tertiary/aromatic N) is 2. The largest absolute Gasteiger partial charge is 0.335 e. The van der Waals surface area contributed by atoms with Gasteiger partial charge in [-0.3, -0.25) is 9.59 Å². The average molecular weight is 349 g/mol. The van der Waals surface area contributed by atoms with E-state index in [1.54, 1.807) is 0 Å². The van der Waals surface area contributed by atoms with E-state index >= 15 is 0 Å². The van der Waals surface area contributed by atoms with Crippen molar-refractivity contribution < 1.29 is 18.4 Å². The van der Waals surface area contributed by atoms with Crippen molar-refractivity contribution >= 4 is 11.8 Å². The van der Waals surface area contributed by atoms with Crippen molar-refractivity contribution in [2.75, 3.05) is 19.6 Å². The smallest absolute Gasteiger partial charge is 0.267 e. The van der Waals surface area contributed by atoms with Crippen LogP contribution in [0.5, 0.6) is 0 Å². The molecular weight excluding hydrogens is 328 g/mol.